The first-order valence-electron chi connectivity index (χ1n) is 10.7. The van der Waals surface area contributed by atoms with Gasteiger partial charge in [0.1, 0.15) is 10.6 Å². The summed E-state index contributed by atoms with van der Waals surface area (Å²) in [4.78, 5) is 39.3. The summed E-state index contributed by atoms with van der Waals surface area (Å²) in [7, 11) is 0. The molecule has 0 aliphatic carbocycles. The number of amides is 1. The third kappa shape index (κ3) is 3.56. The Morgan fingerprint density at radius 2 is 1.88 bits per heavy atom. The van der Waals surface area contributed by atoms with E-state index in [2.05, 4.69) is 24.0 Å². The van der Waals surface area contributed by atoms with Gasteiger partial charge in [-0.2, -0.15) is 0 Å². The highest BCUT2D eigenvalue weighted by Crippen LogP contribution is 2.42. The number of non-ortho nitro benzene ring substituents is 1. The summed E-state index contributed by atoms with van der Waals surface area (Å²) in [5.41, 5.74) is 1.54. The van der Waals surface area contributed by atoms with Gasteiger partial charge in [0.2, 0.25) is 10.9 Å². The van der Waals surface area contributed by atoms with Gasteiger partial charge in [0, 0.05) is 18.6 Å². The maximum atomic E-state index is 13.6. The summed E-state index contributed by atoms with van der Waals surface area (Å²) < 4.78 is 5.95. The van der Waals surface area contributed by atoms with E-state index >= 15 is 0 Å². The Hall–Kier alpha value is -3.92. The molecule has 0 radical (unpaired) electrons. The predicted octanol–water partition coefficient (Wildman–Crippen LogP) is 4.81. The number of fused-ring (bicyclic) bond motifs is 2. The molecule has 10 heteroatoms. The van der Waals surface area contributed by atoms with Crippen LogP contribution < -0.4 is 10.3 Å². The van der Waals surface area contributed by atoms with Crippen LogP contribution in [0.15, 0.2) is 51.7 Å². The SMILES string of the molecule is Cc1ccc2oc3c(c(=O)c2c1)[C@H](c1ccc([N+](=O)[O-])cc1)N(c1nnc(CC(C)C)s1)C3=O. The van der Waals surface area contributed by atoms with Crippen LogP contribution >= 0.6 is 11.3 Å². The average Bonchev–Trinajstić information content (AvgIpc) is 3.36. The number of nitrogens with zero attached hydrogens (tertiary/aromatic N) is 4. The van der Waals surface area contributed by atoms with Gasteiger partial charge in [-0.15, -0.1) is 10.2 Å². The molecule has 2 aromatic heterocycles. The molecule has 34 heavy (non-hydrogen) atoms. The van der Waals surface area contributed by atoms with Gasteiger partial charge in [-0.3, -0.25) is 24.6 Å². The minimum absolute atomic E-state index is 0.0506. The van der Waals surface area contributed by atoms with Crippen LogP contribution in [-0.2, 0) is 6.42 Å². The van der Waals surface area contributed by atoms with Gasteiger partial charge in [0.15, 0.2) is 5.43 Å². The fourth-order valence-electron chi connectivity index (χ4n) is 4.15. The van der Waals surface area contributed by atoms with Crippen molar-refractivity contribution < 1.29 is 14.1 Å². The number of aryl methyl sites for hydroxylation is 1. The van der Waals surface area contributed by atoms with E-state index in [-0.39, 0.29) is 22.4 Å². The van der Waals surface area contributed by atoms with E-state index in [1.165, 1.54) is 28.4 Å². The zero-order valence-electron chi connectivity index (χ0n) is 18.6. The Bertz CT molecular complexity index is 1510. The van der Waals surface area contributed by atoms with Crippen molar-refractivity contribution in [1.82, 2.24) is 10.2 Å². The number of carbonyl (C=O) groups excluding carboxylic acids is 1. The number of rotatable bonds is 5. The number of aromatic nitrogens is 2. The number of nitro groups is 1. The molecule has 1 aliphatic heterocycles. The Morgan fingerprint density at radius 3 is 2.56 bits per heavy atom. The maximum absolute atomic E-state index is 13.6. The van der Waals surface area contributed by atoms with Gasteiger partial charge in [-0.05, 0) is 42.7 Å². The van der Waals surface area contributed by atoms with Crippen LogP contribution in [0.5, 0.6) is 0 Å². The number of benzene rings is 2. The Labute approximate surface area is 197 Å². The largest absolute Gasteiger partial charge is 0.450 e. The second-order valence-electron chi connectivity index (χ2n) is 8.68. The monoisotopic (exact) mass is 476 g/mol. The first-order chi connectivity index (χ1) is 16.2. The normalized spacial score (nSPS) is 15.4. The van der Waals surface area contributed by atoms with Gasteiger partial charge in [0.25, 0.3) is 11.6 Å². The molecule has 0 bridgehead atoms. The highest BCUT2D eigenvalue weighted by molar-refractivity contribution is 7.15. The maximum Gasteiger partial charge on any atom is 0.297 e. The summed E-state index contributed by atoms with van der Waals surface area (Å²) in [5.74, 6) is -0.190. The summed E-state index contributed by atoms with van der Waals surface area (Å²) in [5, 5.41) is 21.1. The highest BCUT2D eigenvalue weighted by atomic mass is 32.1. The number of hydrogen-bond acceptors (Lipinski definition) is 8. The molecule has 1 aliphatic rings. The van der Waals surface area contributed by atoms with Crippen molar-refractivity contribution in [2.75, 3.05) is 4.90 Å². The minimum Gasteiger partial charge on any atom is -0.450 e. The van der Waals surface area contributed by atoms with Crippen molar-refractivity contribution in [1.29, 1.82) is 0 Å². The number of carbonyl (C=O) groups is 1. The topological polar surface area (TPSA) is 119 Å². The Balaban J connectivity index is 1.73. The zero-order valence-corrected chi connectivity index (χ0v) is 19.5. The van der Waals surface area contributed by atoms with E-state index in [1.807, 2.05) is 13.0 Å². The van der Waals surface area contributed by atoms with Crippen molar-refractivity contribution in [3.8, 4) is 0 Å². The molecular formula is C24H20N4O5S. The molecule has 0 saturated heterocycles. The highest BCUT2D eigenvalue weighted by Gasteiger charge is 2.45. The lowest BCUT2D eigenvalue weighted by molar-refractivity contribution is -0.384. The van der Waals surface area contributed by atoms with Crippen molar-refractivity contribution in [3.63, 3.8) is 0 Å². The van der Waals surface area contributed by atoms with Crippen LogP contribution in [0.4, 0.5) is 10.8 Å². The fraction of sp³-hybridized carbons (Fsp3) is 0.250. The standard InChI is InChI=1S/C24H20N4O5S/c1-12(2)10-18-25-26-24(34-18)27-20(14-5-7-15(8-6-14)28(31)32)19-21(29)16-11-13(3)4-9-17(16)33-22(19)23(27)30/h4-9,11-12,20H,10H2,1-3H3/t20-/m0/s1. The predicted molar refractivity (Wildman–Crippen MR) is 127 cm³/mol. The van der Waals surface area contributed by atoms with Crippen LogP contribution in [0.2, 0.25) is 0 Å². The molecule has 0 spiro atoms. The van der Waals surface area contributed by atoms with E-state index in [9.17, 15) is 19.7 Å². The second kappa shape index (κ2) is 8.14. The Morgan fingerprint density at radius 1 is 1.15 bits per heavy atom. The van der Waals surface area contributed by atoms with E-state index < -0.39 is 16.9 Å². The molecule has 5 rings (SSSR count). The van der Waals surface area contributed by atoms with Crippen molar-refractivity contribution >= 4 is 39.0 Å². The average molecular weight is 477 g/mol. The van der Waals surface area contributed by atoms with Crippen LogP contribution in [0.3, 0.4) is 0 Å². The van der Waals surface area contributed by atoms with Gasteiger partial charge in [0.05, 0.1) is 21.9 Å². The van der Waals surface area contributed by atoms with Gasteiger partial charge < -0.3 is 4.42 Å². The minimum atomic E-state index is -0.843. The fourth-order valence-corrected chi connectivity index (χ4v) is 5.23. The number of nitro benzene ring substituents is 1. The third-order valence-corrected chi connectivity index (χ3v) is 6.64. The Kier molecular flexibility index (Phi) is 5.24. The smallest absolute Gasteiger partial charge is 0.297 e. The lowest BCUT2D eigenvalue weighted by atomic mass is 9.98. The zero-order chi connectivity index (χ0) is 24.1. The van der Waals surface area contributed by atoms with Crippen LogP contribution in [0.1, 0.15) is 52.1 Å². The summed E-state index contributed by atoms with van der Waals surface area (Å²) in [6.07, 6.45) is 0.704. The van der Waals surface area contributed by atoms with Crippen molar-refractivity contribution in [3.05, 3.63) is 90.3 Å². The molecule has 3 heterocycles. The van der Waals surface area contributed by atoms with Gasteiger partial charge in [-0.25, -0.2) is 0 Å². The van der Waals surface area contributed by atoms with E-state index in [4.69, 9.17) is 4.42 Å². The van der Waals surface area contributed by atoms with Crippen molar-refractivity contribution in [2.24, 2.45) is 5.92 Å². The first kappa shape index (κ1) is 21.9. The molecule has 1 amide bonds. The second-order valence-corrected chi connectivity index (χ2v) is 9.72. The molecule has 9 nitrogen and oxygen atoms in total. The number of hydrogen-bond donors (Lipinski definition) is 0. The molecule has 172 valence electrons. The quantitative estimate of drug-likeness (QED) is 0.299. The molecule has 0 N–H and O–H groups in total. The first-order valence-corrected chi connectivity index (χ1v) is 11.5. The van der Waals surface area contributed by atoms with Crippen molar-refractivity contribution in [2.45, 2.75) is 33.2 Å². The molecule has 0 fully saturated rings. The lowest BCUT2D eigenvalue weighted by Gasteiger charge is -2.22. The van der Waals surface area contributed by atoms with E-state index in [1.54, 1.807) is 24.3 Å². The molecule has 1 atom stereocenters. The van der Waals surface area contributed by atoms with Crippen LogP contribution in [0, 0.1) is 23.0 Å². The van der Waals surface area contributed by atoms with E-state index in [0.717, 1.165) is 10.6 Å². The molecule has 4 aromatic rings. The van der Waals surface area contributed by atoms with Gasteiger partial charge >= 0.3 is 0 Å². The van der Waals surface area contributed by atoms with E-state index in [0.29, 0.717) is 34.0 Å². The summed E-state index contributed by atoms with van der Waals surface area (Å²) in [6, 6.07) is 10.2. The third-order valence-electron chi connectivity index (χ3n) is 5.69. The number of anilines is 1. The molecular weight excluding hydrogens is 456 g/mol. The molecule has 2 aromatic carbocycles. The molecule has 0 unspecified atom stereocenters. The van der Waals surface area contributed by atoms with Crippen LogP contribution in [0.25, 0.3) is 11.0 Å². The summed E-state index contributed by atoms with van der Waals surface area (Å²) in [6.45, 7) is 6.00. The summed E-state index contributed by atoms with van der Waals surface area (Å²) >= 11 is 1.28. The lowest BCUT2D eigenvalue weighted by Crippen LogP contribution is -2.29. The van der Waals surface area contributed by atoms with Crippen LogP contribution in [-0.4, -0.2) is 21.0 Å². The molecule has 0 saturated carbocycles. The van der Waals surface area contributed by atoms with Gasteiger partial charge in [-0.1, -0.05) is 36.8 Å².